The third-order valence-electron chi connectivity index (χ3n) is 15.4. The van der Waals surface area contributed by atoms with E-state index in [1.807, 2.05) is 0 Å². The molecule has 366 valence electrons. The Labute approximate surface area is 451 Å². The maximum Gasteiger partial charge on any atom is 0.0965 e. The normalized spacial score (nSPS) is 11.6. The van der Waals surface area contributed by atoms with E-state index in [0.717, 1.165) is 68.0 Å². The lowest BCUT2D eigenvalue weighted by Crippen LogP contribution is -2.10. The summed E-state index contributed by atoms with van der Waals surface area (Å²) in [6.45, 7) is 0. The van der Waals surface area contributed by atoms with E-state index in [1.54, 1.807) is 12.4 Å². The van der Waals surface area contributed by atoms with Crippen LogP contribution in [0.3, 0.4) is 0 Å². The first-order valence-electron chi connectivity index (χ1n) is 26.5. The van der Waals surface area contributed by atoms with Crippen LogP contribution >= 0.6 is 0 Å². The molecular formula is C72H48N6. The molecule has 6 heteroatoms. The SMILES string of the molecule is c1ccc2cc(N(c3ccc(-c4nccnc4-c4ccc(N(c5ccc(-n6c7ccccc7c7ccccc76)cc5)c5ccc6ccccc6c5)cc4)cc3)c3ccc(-n4c5ccccc5c5ccccc54)cc3)ccc2c1. The molecule has 78 heavy (non-hydrogen) atoms. The first kappa shape index (κ1) is 44.9. The summed E-state index contributed by atoms with van der Waals surface area (Å²) >= 11 is 0. The van der Waals surface area contributed by atoms with Crippen molar-refractivity contribution in [2.75, 3.05) is 9.80 Å². The zero-order valence-corrected chi connectivity index (χ0v) is 42.4. The molecule has 0 unspecified atom stereocenters. The molecule has 6 nitrogen and oxygen atoms in total. The summed E-state index contributed by atoms with van der Waals surface area (Å²) < 4.78 is 4.73. The number of hydrogen-bond donors (Lipinski definition) is 0. The quantitative estimate of drug-likeness (QED) is 0.137. The van der Waals surface area contributed by atoms with Crippen LogP contribution in [0.5, 0.6) is 0 Å². The second-order valence-electron chi connectivity index (χ2n) is 19.9. The molecule has 0 bridgehead atoms. The number of nitrogens with zero attached hydrogens (tertiary/aromatic N) is 6. The molecule has 15 aromatic rings. The van der Waals surface area contributed by atoms with Gasteiger partial charge in [0, 0.05) is 90.6 Å². The van der Waals surface area contributed by atoms with Gasteiger partial charge in [-0.1, -0.05) is 158 Å². The van der Waals surface area contributed by atoms with E-state index in [4.69, 9.17) is 9.97 Å². The number of para-hydroxylation sites is 4. The van der Waals surface area contributed by atoms with E-state index in [9.17, 15) is 0 Å². The number of anilines is 6. The minimum Gasteiger partial charge on any atom is -0.310 e. The fraction of sp³-hybridized carbons (Fsp3) is 0. The summed E-state index contributed by atoms with van der Waals surface area (Å²) in [7, 11) is 0. The maximum atomic E-state index is 4.99. The Morgan fingerprint density at radius 2 is 0.526 bits per heavy atom. The zero-order chi connectivity index (χ0) is 51.5. The van der Waals surface area contributed by atoms with E-state index >= 15 is 0 Å². The van der Waals surface area contributed by atoms with E-state index in [2.05, 4.69) is 298 Å². The summed E-state index contributed by atoms with van der Waals surface area (Å²) in [5, 5.41) is 9.76. The molecule has 3 heterocycles. The van der Waals surface area contributed by atoms with Gasteiger partial charge in [0.05, 0.1) is 33.5 Å². The minimum absolute atomic E-state index is 0.816. The molecule has 3 aromatic heterocycles. The third-order valence-corrected chi connectivity index (χ3v) is 15.4. The molecule has 0 saturated heterocycles. The predicted octanol–water partition coefficient (Wildman–Crippen LogP) is 19.3. The van der Waals surface area contributed by atoms with Crippen molar-refractivity contribution >= 4 is 99.3 Å². The van der Waals surface area contributed by atoms with Gasteiger partial charge in [-0.3, -0.25) is 9.97 Å². The van der Waals surface area contributed by atoms with Crippen LogP contribution in [0.15, 0.2) is 291 Å². The molecule has 0 amide bonds. The molecule has 0 aliphatic carbocycles. The minimum atomic E-state index is 0.816. The van der Waals surface area contributed by atoms with Gasteiger partial charge in [-0.05, 0) is 143 Å². The fourth-order valence-corrected chi connectivity index (χ4v) is 11.7. The second kappa shape index (κ2) is 18.7. The number of fused-ring (bicyclic) bond motifs is 8. The van der Waals surface area contributed by atoms with Gasteiger partial charge in [0.2, 0.25) is 0 Å². The Kier molecular flexibility index (Phi) is 10.7. The molecular weight excluding hydrogens is 949 g/mol. The van der Waals surface area contributed by atoms with Crippen molar-refractivity contribution < 1.29 is 0 Å². The van der Waals surface area contributed by atoms with Gasteiger partial charge in [-0.25, -0.2) is 0 Å². The van der Waals surface area contributed by atoms with Crippen molar-refractivity contribution in [3.63, 3.8) is 0 Å². The van der Waals surface area contributed by atoms with Crippen LogP contribution in [0.25, 0.3) is 99.0 Å². The smallest absolute Gasteiger partial charge is 0.0965 e. The van der Waals surface area contributed by atoms with Crippen LogP contribution in [0.1, 0.15) is 0 Å². The van der Waals surface area contributed by atoms with Crippen molar-refractivity contribution in [1.29, 1.82) is 0 Å². The largest absolute Gasteiger partial charge is 0.310 e. The first-order valence-corrected chi connectivity index (χ1v) is 26.5. The van der Waals surface area contributed by atoms with Gasteiger partial charge >= 0.3 is 0 Å². The highest BCUT2D eigenvalue weighted by Gasteiger charge is 2.20. The van der Waals surface area contributed by atoms with Crippen LogP contribution in [-0.2, 0) is 0 Å². The summed E-state index contributed by atoms with van der Waals surface area (Å²) in [5.41, 5.74) is 16.9. The Bertz CT molecular complexity index is 4320. The number of rotatable bonds is 10. The third kappa shape index (κ3) is 7.65. The Morgan fingerprint density at radius 3 is 0.872 bits per heavy atom. The van der Waals surface area contributed by atoms with E-state index in [1.165, 1.54) is 65.2 Å². The molecule has 0 N–H and O–H groups in total. The van der Waals surface area contributed by atoms with Crippen LogP contribution in [-0.4, -0.2) is 19.1 Å². The Hall–Kier alpha value is -10.6. The van der Waals surface area contributed by atoms with Crippen molar-refractivity contribution in [2.24, 2.45) is 0 Å². The van der Waals surface area contributed by atoms with Gasteiger partial charge in [0.1, 0.15) is 0 Å². The van der Waals surface area contributed by atoms with Crippen LogP contribution < -0.4 is 9.80 Å². The van der Waals surface area contributed by atoms with Gasteiger partial charge in [0.15, 0.2) is 0 Å². The highest BCUT2D eigenvalue weighted by atomic mass is 15.1. The van der Waals surface area contributed by atoms with Crippen LogP contribution in [0, 0.1) is 0 Å². The molecule has 0 fully saturated rings. The van der Waals surface area contributed by atoms with Gasteiger partial charge < -0.3 is 18.9 Å². The van der Waals surface area contributed by atoms with Crippen molar-refractivity contribution in [2.45, 2.75) is 0 Å². The molecule has 15 rings (SSSR count). The number of aromatic nitrogens is 4. The predicted molar refractivity (Wildman–Crippen MR) is 326 cm³/mol. The fourth-order valence-electron chi connectivity index (χ4n) is 11.7. The van der Waals surface area contributed by atoms with Gasteiger partial charge in [0.25, 0.3) is 0 Å². The lowest BCUT2D eigenvalue weighted by molar-refractivity contribution is 1.17. The summed E-state index contributed by atoms with van der Waals surface area (Å²) in [6.07, 6.45) is 3.57. The highest BCUT2D eigenvalue weighted by Crippen LogP contribution is 2.42. The number of hydrogen-bond acceptors (Lipinski definition) is 4. The van der Waals surface area contributed by atoms with E-state index < -0.39 is 0 Å². The summed E-state index contributed by atoms with van der Waals surface area (Å²) in [6, 6.07) is 100. The van der Waals surface area contributed by atoms with Gasteiger partial charge in [-0.2, -0.15) is 0 Å². The van der Waals surface area contributed by atoms with Gasteiger partial charge in [-0.15, -0.1) is 0 Å². The summed E-state index contributed by atoms with van der Waals surface area (Å²) in [4.78, 5) is 14.6. The standard InChI is InChI=1S/C72H48N6/c1-3-15-53-47-61(35-25-49(53)13-1)75(57-37-41-59(42-38-57)77-67-21-9-5-17-63(67)64-18-6-10-22-68(64)77)55-31-27-51(28-32-55)71-72(74-46-45-73-71)52-29-33-56(34-30-52)76(62-36-26-50-14-2-4-16-54(50)48-62)58-39-43-60(44-40-58)78-69-23-11-7-19-65(69)66-20-8-12-24-70(66)78/h1-48H. The van der Waals surface area contributed by atoms with Crippen molar-refractivity contribution in [3.05, 3.63) is 291 Å². The average molecular weight is 997 g/mol. The monoisotopic (exact) mass is 996 g/mol. The first-order chi connectivity index (χ1) is 38.7. The average Bonchev–Trinajstić information content (AvgIpc) is 4.14. The van der Waals surface area contributed by atoms with E-state index in [-0.39, 0.29) is 0 Å². The van der Waals surface area contributed by atoms with E-state index in [0.29, 0.717) is 0 Å². The van der Waals surface area contributed by atoms with Crippen molar-refractivity contribution in [3.8, 4) is 33.9 Å². The topological polar surface area (TPSA) is 42.1 Å². The second-order valence-corrected chi connectivity index (χ2v) is 19.9. The Balaban J connectivity index is 0.774. The summed E-state index contributed by atoms with van der Waals surface area (Å²) in [5.74, 6) is 0. The maximum absolute atomic E-state index is 4.99. The van der Waals surface area contributed by atoms with Crippen LogP contribution in [0.2, 0.25) is 0 Å². The lowest BCUT2D eigenvalue weighted by Gasteiger charge is -2.26. The molecule has 0 spiro atoms. The van der Waals surface area contributed by atoms with Crippen LogP contribution in [0.4, 0.5) is 34.1 Å². The Morgan fingerprint density at radius 1 is 0.244 bits per heavy atom. The molecule has 0 aliphatic rings. The lowest BCUT2D eigenvalue weighted by atomic mass is 10.0. The molecule has 0 radical (unpaired) electrons. The highest BCUT2D eigenvalue weighted by molar-refractivity contribution is 6.10. The zero-order valence-electron chi connectivity index (χ0n) is 42.4. The molecule has 12 aromatic carbocycles. The number of benzene rings is 12. The molecule has 0 aliphatic heterocycles. The van der Waals surface area contributed by atoms with Crippen molar-refractivity contribution in [1.82, 2.24) is 19.1 Å². The molecule has 0 saturated carbocycles. The molecule has 0 atom stereocenters.